The maximum Gasteiger partial charge on any atom is 0.410 e. The van der Waals surface area contributed by atoms with Crippen molar-refractivity contribution in [3.05, 3.63) is 63.9 Å². The van der Waals surface area contributed by atoms with E-state index >= 15 is 0 Å². The van der Waals surface area contributed by atoms with Crippen LogP contribution in [0, 0.1) is 6.92 Å². The predicted octanol–water partition coefficient (Wildman–Crippen LogP) is 7.79. The fraction of sp³-hybridized carbons (Fsp3) is 0.562. The Morgan fingerprint density at radius 2 is 1.77 bits per heavy atom. The standard InChI is InChI=1S/C32H40Cl2N4O2/c1-21-35-28-7-5-6-8-29(28)38(21)25-18-23-10-11-24(19-25)37(23)16-14-32(22-9-12-26(33)27(34)17-22)13-15-36(20-32)30(39)40-31(2,3)4/h5-9,12,17,23-25H,10-11,13-16,18-20H2,1-4H3/t23-,24+,25?,32?. The van der Waals surface area contributed by atoms with E-state index in [1.807, 2.05) is 37.8 Å². The molecule has 8 heteroatoms. The van der Waals surface area contributed by atoms with Crippen molar-refractivity contribution in [2.45, 2.75) is 95.4 Å². The number of ether oxygens (including phenoxy) is 1. The number of carbonyl (C=O) groups excluding carboxylic acids is 1. The number of amides is 1. The molecule has 4 atom stereocenters. The molecular weight excluding hydrogens is 543 g/mol. The number of nitrogens with zero attached hydrogens (tertiary/aromatic N) is 4. The van der Waals surface area contributed by atoms with Gasteiger partial charge < -0.3 is 14.2 Å². The number of para-hydroxylation sites is 2. The smallest absolute Gasteiger partial charge is 0.410 e. The molecule has 0 N–H and O–H groups in total. The molecule has 2 bridgehead atoms. The number of benzene rings is 2. The van der Waals surface area contributed by atoms with Crippen molar-refractivity contribution in [2.75, 3.05) is 19.6 Å². The zero-order valence-corrected chi connectivity index (χ0v) is 25.5. The molecule has 3 aliphatic rings. The molecule has 4 heterocycles. The van der Waals surface area contributed by atoms with E-state index in [1.54, 1.807) is 0 Å². The fourth-order valence-corrected chi connectivity index (χ4v) is 7.85. The average molecular weight is 584 g/mol. The first-order valence-corrected chi connectivity index (χ1v) is 15.4. The Balaban J connectivity index is 1.21. The second kappa shape index (κ2) is 10.5. The van der Waals surface area contributed by atoms with E-state index in [1.165, 1.54) is 18.4 Å². The summed E-state index contributed by atoms with van der Waals surface area (Å²) in [6.07, 6.45) is 6.42. The highest BCUT2D eigenvalue weighted by Gasteiger charge is 2.46. The normalized spacial score (nSPS) is 27.1. The van der Waals surface area contributed by atoms with E-state index in [0.717, 1.165) is 49.1 Å². The molecular formula is C32H40Cl2N4O2. The van der Waals surface area contributed by atoms with Gasteiger partial charge in [-0.1, -0.05) is 41.4 Å². The lowest BCUT2D eigenvalue weighted by molar-refractivity contribution is 0.0279. The number of fused-ring (bicyclic) bond motifs is 3. The van der Waals surface area contributed by atoms with E-state index in [4.69, 9.17) is 32.9 Å². The van der Waals surface area contributed by atoms with Crippen LogP contribution in [-0.2, 0) is 10.2 Å². The number of aromatic nitrogens is 2. The second-order valence-electron chi connectivity index (χ2n) is 13.1. The first kappa shape index (κ1) is 27.9. The number of carbonyl (C=O) groups is 1. The highest BCUT2D eigenvalue weighted by Crippen LogP contribution is 2.45. The minimum Gasteiger partial charge on any atom is -0.444 e. The van der Waals surface area contributed by atoms with Crippen LogP contribution in [0.2, 0.25) is 10.0 Å². The van der Waals surface area contributed by atoms with Crippen molar-refractivity contribution in [1.82, 2.24) is 19.4 Å². The Hall–Kier alpha value is -2.28. The lowest BCUT2D eigenvalue weighted by atomic mass is 9.76. The van der Waals surface area contributed by atoms with Gasteiger partial charge in [0.1, 0.15) is 11.4 Å². The van der Waals surface area contributed by atoms with Crippen LogP contribution >= 0.6 is 23.2 Å². The van der Waals surface area contributed by atoms with Gasteiger partial charge in [0, 0.05) is 36.6 Å². The lowest BCUT2D eigenvalue weighted by Crippen LogP contribution is -2.46. The monoisotopic (exact) mass is 582 g/mol. The van der Waals surface area contributed by atoms with Crippen molar-refractivity contribution in [2.24, 2.45) is 0 Å². The van der Waals surface area contributed by atoms with Gasteiger partial charge in [0.15, 0.2) is 0 Å². The molecule has 1 aromatic heterocycles. The van der Waals surface area contributed by atoms with Gasteiger partial charge in [-0.2, -0.15) is 0 Å². The third kappa shape index (κ3) is 5.23. The van der Waals surface area contributed by atoms with E-state index in [9.17, 15) is 4.79 Å². The third-order valence-corrected chi connectivity index (χ3v) is 10.1. The van der Waals surface area contributed by atoms with Gasteiger partial charge in [-0.3, -0.25) is 4.90 Å². The molecule has 3 aliphatic heterocycles. The molecule has 0 aliphatic carbocycles. The highest BCUT2D eigenvalue weighted by atomic mass is 35.5. The average Bonchev–Trinajstić information content (AvgIpc) is 3.55. The van der Waals surface area contributed by atoms with E-state index < -0.39 is 5.60 Å². The number of aryl methyl sites for hydroxylation is 1. The van der Waals surface area contributed by atoms with E-state index in [-0.39, 0.29) is 11.5 Å². The first-order chi connectivity index (χ1) is 19.0. The molecule has 0 radical (unpaired) electrons. The van der Waals surface area contributed by atoms with Gasteiger partial charge in [-0.05, 0) is 103 Å². The minimum atomic E-state index is -0.519. The fourth-order valence-electron chi connectivity index (χ4n) is 7.56. The maximum absolute atomic E-state index is 13.0. The zero-order chi connectivity index (χ0) is 28.2. The molecule has 3 fully saturated rings. The molecule has 3 aromatic rings. The molecule has 2 aromatic carbocycles. The number of imidazole rings is 1. The van der Waals surface area contributed by atoms with Crippen molar-refractivity contribution in [3.63, 3.8) is 0 Å². The van der Waals surface area contributed by atoms with Crippen LogP contribution in [0.5, 0.6) is 0 Å². The Bertz CT molecular complexity index is 1400. The van der Waals surface area contributed by atoms with Crippen LogP contribution in [0.25, 0.3) is 11.0 Å². The summed E-state index contributed by atoms with van der Waals surface area (Å²) in [5, 5.41) is 1.13. The first-order valence-electron chi connectivity index (χ1n) is 14.7. The molecule has 214 valence electrons. The summed E-state index contributed by atoms with van der Waals surface area (Å²) in [5.41, 5.74) is 2.81. The van der Waals surface area contributed by atoms with Crippen molar-refractivity contribution in [1.29, 1.82) is 0 Å². The van der Waals surface area contributed by atoms with Crippen molar-refractivity contribution >= 4 is 40.3 Å². The van der Waals surface area contributed by atoms with Crippen LogP contribution in [-0.4, -0.2) is 62.8 Å². The predicted molar refractivity (Wildman–Crippen MR) is 161 cm³/mol. The molecule has 1 amide bonds. The van der Waals surface area contributed by atoms with Crippen LogP contribution in [0.15, 0.2) is 42.5 Å². The van der Waals surface area contributed by atoms with Crippen LogP contribution in [0.4, 0.5) is 4.79 Å². The van der Waals surface area contributed by atoms with Gasteiger partial charge in [0.2, 0.25) is 0 Å². The Kier molecular flexibility index (Phi) is 7.33. The molecule has 6 rings (SSSR count). The summed E-state index contributed by atoms with van der Waals surface area (Å²) in [5.74, 6) is 1.12. The zero-order valence-electron chi connectivity index (χ0n) is 24.0. The Morgan fingerprint density at radius 3 is 2.48 bits per heavy atom. The Morgan fingerprint density at radius 1 is 1.05 bits per heavy atom. The number of rotatable bonds is 5. The molecule has 6 nitrogen and oxygen atoms in total. The number of piperidine rings is 1. The summed E-state index contributed by atoms with van der Waals surface area (Å²) in [6.45, 7) is 10.2. The van der Waals surface area contributed by atoms with Gasteiger partial charge in [0.25, 0.3) is 0 Å². The van der Waals surface area contributed by atoms with Gasteiger partial charge in [-0.25, -0.2) is 9.78 Å². The summed E-state index contributed by atoms with van der Waals surface area (Å²) in [4.78, 5) is 22.5. The topological polar surface area (TPSA) is 50.6 Å². The van der Waals surface area contributed by atoms with Gasteiger partial charge in [0.05, 0.1) is 21.1 Å². The summed E-state index contributed by atoms with van der Waals surface area (Å²) in [7, 11) is 0. The van der Waals surface area contributed by atoms with Crippen molar-refractivity contribution < 1.29 is 9.53 Å². The summed E-state index contributed by atoms with van der Waals surface area (Å²) < 4.78 is 8.23. The van der Waals surface area contributed by atoms with E-state index in [2.05, 4.69) is 46.7 Å². The minimum absolute atomic E-state index is 0.182. The van der Waals surface area contributed by atoms with Crippen LogP contribution < -0.4 is 0 Å². The van der Waals surface area contributed by atoms with Gasteiger partial charge in [-0.15, -0.1) is 0 Å². The third-order valence-electron chi connectivity index (χ3n) is 9.38. The van der Waals surface area contributed by atoms with E-state index in [0.29, 0.717) is 41.3 Å². The molecule has 3 saturated heterocycles. The molecule has 2 unspecified atom stereocenters. The SMILES string of the molecule is Cc1nc2ccccc2n1C1C[C@H]2CC[C@@H](C1)N2CCC1(c2ccc(Cl)c(Cl)c2)CCN(C(=O)OC(C)(C)C)C1. The second-order valence-corrected chi connectivity index (χ2v) is 13.9. The molecule has 0 spiro atoms. The van der Waals surface area contributed by atoms with Gasteiger partial charge >= 0.3 is 6.09 Å². The lowest BCUT2D eigenvalue weighted by Gasteiger charge is -2.42. The largest absolute Gasteiger partial charge is 0.444 e. The number of hydrogen-bond donors (Lipinski definition) is 0. The van der Waals surface area contributed by atoms with Crippen LogP contribution in [0.1, 0.15) is 76.7 Å². The van der Waals surface area contributed by atoms with Crippen LogP contribution in [0.3, 0.4) is 0 Å². The number of likely N-dealkylation sites (tertiary alicyclic amines) is 1. The summed E-state index contributed by atoms with van der Waals surface area (Å²) in [6, 6.07) is 16.1. The number of hydrogen-bond acceptors (Lipinski definition) is 4. The Labute approximate surface area is 247 Å². The molecule has 0 saturated carbocycles. The quantitative estimate of drug-likeness (QED) is 0.308. The van der Waals surface area contributed by atoms with Crippen molar-refractivity contribution in [3.8, 4) is 0 Å². The maximum atomic E-state index is 13.0. The highest BCUT2D eigenvalue weighted by molar-refractivity contribution is 6.42. The number of halogens is 2. The summed E-state index contributed by atoms with van der Waals surface area (Å²) >= 11 is 12.8. The molecule has 40 heavy (non-hydrogen) atoms.